The number of carboxylic acid groups (broad SMARTS) is 1. The molecule has 0 unspecified atom stereocenters. The molecule has 0 aliphatic heterocycles. The third-order valence-corrected chi connectivity index (χ3v) is 4.09. The Morgan fingerprint density at radius 1 is 1.38 bits per heavy atom. The number of benzene rings is 1. The van der Waals surface area contributed by atoms with E-state index in [2.05, 4.69) is 5.32 Å². The molecule has 1 N–H and O–H groups in total. The van der Waals surface area contributed by atoms with Crippen LogP contribution in [0.1, 0.15) is 12.8 Å². The molecular formula is C15H14ClN2O6-. The van der Waals surface area contributed by atoms with Crippen LogP contribution in [0.5, 0.6) is 5.75 Å². The lowest BCUT2D eigenvalue weighted by molar-refractivity contribution is -0.384. The Morgan fingerprint density at radius 3 is 2.67 bits per heavy atom. The summed E-state index contributed by atoms with van der Waals surface area (Å²) < 4.78 is 5.06. The molecule has 8 nitrogen and oxygen atoms in total. The number of aliphatic carboxylic acids is 1. The van der Waals surface area contributed by atoms with Gasteiger partial charge in [0.15, 0.2) is 0 Å². The Bertz CT molecular complexity index is 718. The molecule has 0 saturated heterocycles. The van der Waals surface area contributed by atoms with Crippen LogP contribution in [0.3, 0.4) is 0 Å². The fourth-order valence-corrected chi connectivity index (χ4v) is 2.78. The third-order valence-electron chi connectivity index (χ3n) is 3.79. The minimum atomic E-state index is -1.35. The van der Waals surface area contributed by atoms with Crippen LogP contribution < -0.4 is 15.2 Å². The van der Waals surface area contributed by atoms with E-state index in [1.165, 1.54) is 19.2 Å². The fraction of sp³-hybridized carbons (Fsp3) is 0.333. The Kier molecular flexibility index (Phi) is 5.40. The van der Waals surface area contributed by atoms with E-state index in [4.69, 9.17) is 16.3 Å². The van der Waals surface area contributed by atoms with Gasteiger partial charge >= 0.3 is 0 Å². The van der Waals surface area contributed by atoms with Gasteiger partial charge in [0.25, 0.3) is 5.69 Å². The summed E-state index contributed by atoms with van der Waals surface area (Å²) in [7, 11) is 1.35. The first kappa shape index (κ1) is 17.7. The summed E-state index contributed by atoms with van der Waals surface area (Å²) >= 11 is 5.91. The largest absolute Gasteiger partial charge is 0.550 e. The fourth-order valence-electron chi connectivity index (χ4n) is 2.52. The normalized spacial score (nSPS) is 20.0. The summed E-state index contributed by atoms with van der Waals surface area (Å²) in [6.07, 6.45) is 1.69. The SMILES string of the molecule is COc1ccc([N+](=O)[O-])cc1NC(=O)[C@H]1CC(Cl)=CC[C@H]1C(=O)[O-]. The second kappa shape index (κ2) is 7.31. The number of hydrogen-bond donors (Lipinski definition) is 1. The Balaban J connectivity index is 2.27. The van der Waals surface area contributed by atoms with Crippen LogP contribution in [0.4, 0.5) is 11.4 Å². The molecule has 24 heavy (non-hydrogen) atoms. The molecule has 0 radical (unpaired) electrons. The molecule has 2 rings (SSSR count). The Morgan fingerprint density at radius 2 is 2.08 bits per heavy atom. The van der Waals surface area contributed by atoms with Gasteiger partial charge in [-0.15, -0.1) is 0 Å². The van der Waals surface area contributed by atoms with Crippen molar-refractivity contribution in [2.24, 2.45) is 11.8 Å². The molecule has 0 bridgehead atoms. The number of hydrogen-bond acceptors (Lipinski definition) is 6. The summed E-state index contributed by atoms with van der Waals surface area (Å²) in [5.74, 6) is -3.69. The zero-order valence-corrected chi connectivity index (χ0v) is 13.4. The molecule has 0 spiro atoms. The van der Waals surface area contributed by atoms with Gasteiger partial charge < -0.3 is 20.0 Å². The van der Waals surface area contributed by atoms with Gasteiger partial charge in [0, 0.05) is 29.1 Å². The first-order chi connectivity index (χ1) is 11.3. The number of carboxylic acids is 1. The van der Waals surface area contributed by atoms with Gasteiger partial charge in [-0.2, -0.15) is 0 Å². The molecule has 0 aromatic heterocycles. The molecule has 1 aliphatic rings. The molecule has 128 valence electrons. The second-order valence-corrected chi connectivity index (χ2v) is 5.74. The predicted molar refractivity (Wildman–Crippen MR) is 83.4 cm³/mol. The van der Waals surface area contributed by atoms with E-state index in [1.54, 1.807) is 6.08 Å². The van der Waals surface area contributed by atoms with Crippen LogP contribution in [0.25, 0.3) is 0 Å². The number of carbonyl (C=O) groups is 2. The molecule has 0 saturated carbocycles. The Hall–Kier alpha value is -2.61. The topological polar surface area (TPSA) is 122 Å². The van der Waals surface area contributed by atoms with Crippen molar-refractivity contribution in [2.45, 2.75) is 12.8 Å². The highest BCUT2D eigenvalue weighted by Gasteiger charge is 2.32. The van der Waals surface area contributed by atoms with Crippen molar-refractivity contribution < 1.29 is 24.4 Å². The van der Waals surface area contributed by atoms with Crippen molar-refractivity contribution in [1.29, 1.82) is 0 Å². The minimum Gasteiger partial charge on any atom is -0.550 e. The highest BCUT2D eigenvalue weighted by Crippen LogP contribution is 2.34. The summed E-state index contributed by atoms with van der Waals surface area (Å²) in [6, 6.07) is 3.72. The van der Waals surface area contributed by atoms with Crippen molar-refractivity contribution in [3.05, 3.63) is 39.4 Å². The lowest BCUT2D eigenvalue weighted by atomic mass is 9.82. The van der Waals surface area contributed by atoms with Crippen molar-refractivity contribution >= 4 is 34.9 Å². The molecule has 1 amide bonds. The van der Waals surface area contributed by atoms with Gasteiger partial charge in [0.2, 0.25) is 5.91 Å². The van der Waals surface area contributed by atoms with Gasteiger partial charge in [-0.3, -0.25) is 14.9 Å². The van der Waals surface area contributed by atoms with Crippen molar-refractivity contribution in [3.8, 4) is 5.75 Å². The van der Waals surface area contributed by atoms with E-state index < -0.39 is 28.6 Å². The molecular weight excluding hydrogens is 340 g/mol. The van der Waals surface area contributed by atoms with E-state index in [9.17, 15) is 24.8 Å². The highest BCUT2D eigenvalue weighted by atomic mass is 35.5. The second-order valence-electron chi connectivity index (χ2n) is 5.25. The number of nitrogens with one attached hydrogen (secondary N) is 1. The first-order valence-corrected chi connectivity index (χ1v) is 7.40. The number of non-ortho nitro benzene ring substituents is 1. The number of methoxy groups -OCH3 is 1. The molecule has 1 aromatic rings. The van der Waals surface area contributed by atoms with Crippen molar-refractivity contribution in [1.82, 2.24) is 0 Å². The standard InChI is InChI=1S/C15H15ClN2O6/c1-24-13-5-3-9(18(22)23)7-12(13)17-14(19)11-6-8(16)2-4-10(11)15(20)21/h2-3,5,7,10-11H,4,6H2,1H3,(H,17,19)(H,20,21)/p-1/t10-,11+/m1/s1. The smallest absolute Gasteiger partial charge is 0.271 e. The number of allylic oxidation sites excluding steroid dienone is 2. The van der Waals surface area contributed by atoms with Gasteiger partial charge in [-0.25, -0.2) is 0 Å². The van der Waals surface area contributed by atoms with Gasteiger partial charge in [-0.1, -0.05) is 17.7 Å². The average Bonchev–Trinajstić information content (AvgIpc) is 2.54. The highest BCUT2D eigenvalue weighted by molar-refractivity contribution is 6.29. The number of nitro benzene ring substituents is 1. The van der Waals surface area contributed by atoms with Crippen molar-refractivity contribution in [3.63, 3.8) is 0 Å². The number of halogens is 1. The zero-order valence-electron chi connectivity index (χ0n) is 12.7. The summed E-state index contributed by atoms with van der Waals surface area (Å²) in [5.41, 5.74) is -0.149. The molecule has 2 atom stereocenters. The van der Waals surface area contributed by atoms with E-state index in [0.717, 1.165) is 6.07 Å². The lowest BCUT2D eigenvalue weighted by Gasteiger charge is -2.29. The van der Waals surface area contributed by atoms with Crippen LogP contribution in [0.15, 0.2) is 29.3 Å². The van der Waals surface area contributed by atoms with E-state index in [0.29, 0.717) is 5.03 Å². The molecule has 0 heterocycles. The van der Waals surface area contributed by atoms with Crippen LogP contribution in [-0.4, -0.2) is 23.9 Å². The van der Waals surface area contributed by atoms with Gasteiger partial charge in [-0.05, 0) is 18.9 Å². The van der Waals surface area contributed by atoms with E-state index in [1.807, 2.05) is 0 Å². The number of nitro groups is 1. The molecule has 1 aromatic carbocycles. The summed E-state index contributed by atoms with van der Waals surface area (Å²) in [6.45, 7) is 0. The Labute approximate surface area is 142 Å². The third kappa shape index (κ3) is 3.83. The molecule has 0 fully saturated rings. The maximum atomic E-state index is 12.5. The molecule has 1 aliphatic carbocycles. The molecule has 9 heteroatoms. The van der Waals surface area contributed by atoms with Gasteiger partial charge in [0.05, 0.1) is 23.6 Å². The van der Waals surface area contributed by atoms with E-state index in [-0.39, 0.29) is 30.0 Å². The number of anilines is 1. The maximum Gasteiger partial charge on any atom is 0.271 e. The zero-order chi connectivity index (χ0) is 17.9. The van der Waals surface area contributed by atoms with E-state index >= 15 is 0 Å². The van der Waals surface area contributed by atoms with Gasteiger partial charge in [0.1, 0.15) is 5.75 Å². The predicted octanol–water partition coefficient (Wildman–Crippen LogP) is 1.44. The maximum absolute atomic E-state index is 12.5. The number of carbonyl (C=O) groups excluding carboxylic acids is 2. The number of amides is 1. The first-order valence-electron chi connectivity index (χ1n) is 7.02. The summed E-state index contributed by atoms with van der Waals surface area (Å²) in [4.78, 5) is 33.9. The van der Waals surface area contributed by atoms with Crippen LogP contribution in [0, 0.1) is 22.0 Å². The average molecular weight is 354 g/mol. The van der Waals surface area contributed by atoms with Crippen LogP contribution in [0.2, 0.25) is 0 Å². The minimum absolute atomic E-state index is 0.0588. The van der Waals surface area contributed by atoms with Crippen LogP contribution in [-0.2, 0) is 9.59 Å². The number of ether oxygens (including phenoxy) is 1. The number of nitrogens with zero attached hydrogens (tertiary/aromatic N) is 1. The van der Waals surface area contributed by atoms with Crippen molar-refractivity contribution in [2.75, 3.05) is 12.4 Å². The van der Waals surface area contributed by atoms with Crippen LogP contribution >= 0.6 is 11.6 Å². The summed E-state index contributed by atoms with van der Waals surface area (Å²) in [5, 5.41) is 25.0. The monoisotopic (exact) mass is 353 g/mol. The quantitative estimate of drug-likeness (QED) is 0.631. The number of rotatable bonds is 5. The lowest BCUT2D eigenvalue weighted by Crippen LogP contribution is -2.42.